The molecule has 1 saturated heterocycles. The predicted octanol–water partition coefficient (Wildman–Crippen LogP) is 2.55. The Kier molecular flexibility index (Phi) is 5.07. The molecule has 6 nitrogen and oxygen atoms in total. The molecule has 0 radical (unpaired) electrons. The number of rotatable bonds is 5. The van der Waals surface area contributed by atoms with Crippen LogP contribution >= 0.6 is 11.8 Å². The van der Waals surface area contributed by atoms with Crippen LogP contribution < -0.4 is 15.0 Å². The maximum atomic E-state index is 11.9. The zero-order valence-electron chi connectivity index (χ0n) is 12.9. The summed E-state index contributed by atoms with van der Waals surface area (Å²) in [7, 11) is 0. The SMILES string of the molecule is Cc1cc(OCC(=O)Nc2ccc(N3CCSCC3)cc2)no1. The van der Waals surface area contributed by atoms with Crippen molar-refractivity contribution < 1.29 is 14.1 Å². The number of benzene rings is 1. The summed E-state index contributed by atoms with van der Waals surface area (Å²) in [6.45, 7) is 3.81. The van der Waals surface area contributed by atoms with Crippen molar-refractivity contribution >= 4 is 29.0 Å². The Balaban J connectivity index is 1.50. The number of aromatic nitrogens is 1. The third-order valence-corrected chi connectivity index (χ3v) is 4.43. The number of thioether (sulfide) groups is 1. The highest BCUT2D eigenvalue weighted by molar-refractivity contribution is 7.99. The summed E-state index contributed by atoms with van der Waals surface area (Å²) < 4.78 is 10.1. The molecular formula is C16H19N3O3S. The monoisotopic (exact) mass is 333 g/mol. The highest BCUT2D eigenvalue weighted by Crippen LogP contribution is 2.21. The Morgan fingerprint density at radius 1 is 1.35 bits per heavy atom. The van der Waals surface area contributed by atoms with Gasteiger partial charge in [-0.1, -0.05) is 0 Å². The van der Waals surface area contributed by atoms with Gasteiger partial charge in [-0.2, -0.15) is 11.8 Å². The van der Waals surface area contributed by atoms with E-state index >= 15 is 0 Å². The van der Waals surface area contributed by atoms with Gasteiger partial charge in [-0.15, -0.1) is 0 Å². The van der Waals surface area contributed by atoms with Gasteiger partial charge in [0.25, 0.3) is 11.8 Å². The van der Waals surface area contributed by atoms with E-state index in [2.05, 4.69) is 15.4 Å². The molecule has 0 bridgehead atoms. The van der Waals surface area contributed by atoms with Crippen LogP contribution in [0.4, 0.5) is 11.4 Å². The van der Waals surface area contributed by atoms with Crippen molar-refractivity contribution in [1.82, 2.24) is 5.16 Å². The van der Waals surface area contributed by atoms with Crippen LogP contribution in [0.5, 0.6) is 5.88 Å². The Morgan fingerprint density at radius 3 is 2.74 bits per heavy atom. The minimum Gasteiger partial charge on any atom is -0.465 e. The molecule has 2 aromatic rings. The average molecular weight is 333 g/mol. The molecule has 0 aliphatic carbocycles. The Hall–Kier alpha value is -2.15. The molecule has 0 unspecified atom stereocenters. The fourth-order valence-electron chi connectivity index (χ4n) is 2.33. The zero-order valence-corrected chi connectivity index (χ0v) is 13.8. The molecule has 7 heteroatoms. The second-order valence-electron chi connectivity index (χ2n) is 5.26. The van der Waals surface area contributed by atoms with E-state index in [0.717, 1.165) is 30.3 Å². The summed E-state index contributed by atoms with van der Waals surface area (Å²) in [4.78, 5) is 14.2. The van der Waals surface area contributed by atoms with Crippen molar-refractivity contribution in [3.63, 3.8) is 0 Å². The molecule has 1 fully saturated rings. The third-order valence-electron chi connectivity index (χ3n) is 3.48. The van der Waals surface area contributed by atoms with E-state index in [-0.39, 0.29) is 12.5 Å². The standard InChI is InChI=1S/C16H19N3O3S/c1-12-10-16(18-22-12)21-11-15(20)17-13-2-4-14(5-3-13)19-6-8-23-9-7-19/h2-5,10H,6-9,11H2,1H3,(H,17,20). The van der Waals surface area contributed by atoms with Crippen LogP contribution in [0.2, 0.25) is 0 Å². The average Bonchev–Trinajstić information content (AvgIpc) is 3.00. The van der Waals surface area contributed by atoms with Crippen LogP contribution in [0.25, 0.3) is 0 Å². The topological polar surface area (TPSA) is 67.6 Å². The van der Waals surface area contributed by atoms with Gasteiger partial charge >= 0.3 is 0 Å². The second-order valence-corrected chi connectivity index (χ2v) is 6.48. The molecule has 2 heterocycles. The third kappa shape index (κ3) is 4.41. The van der Waals surface area contributed by atoms with E-state index in [1.54, 1.807) is 13.0 Å². The van der Waals surface area contributed by atoms with E-state index in [0.29, 0.717) is 11.6 Å². The minimum atomic E-state index is -0.229. The van der Waals surface area contributed by atoms with Crippen LogP contribution in [-0.4, -0.2) is 42.3 Å². The molecule has 3 rings (SSSR count). The van der Waals surface area contributed by atoms with E-state index in [4.69, 9.17) is 9.26 Å². The van der Waals surface area contributed by atoms with Gasteiger partial charge in [-0.3, -0.25) is 4.79 Å². The lowest BCUT2D eigenvalue weighted by atomic mass is 10.2. The number of aryl methyl sites for hydroxylation is 1. The van der Waals surface area contributed by atoms with Gasteiger partial charge in [0.1, 0.15) is 5.76 Å². The van der Waals surface area contributed by atoms with Crippen LogP contribution in [0.1, 0.15) is 5.76 Å². The minimum absolute atomic E-state index is 0.100. The summed E-state index contributed by atoms with van der Waals surface area (Å²) in [6.07, 6.45) is 0. The van der Waals surface area contributed by atoms with Crippen molar-refractivity contribution in [3.8, 4) is 5.88 Å². The fraction of sp³-hybridized carbons (Fsp3) is 0.375. The number of hydrogen-bond donors (Lipinski definition) is 1. The number of nitrogens with zero attached hydrogens (tertiary/aromatic N) is 2. The Bertz CT molecular complexity index is 651. The van der Waals surface area contributed by atoms with Gasteiger partial charge < -0.3 is 19.5 Å². The van der Waals surface area contributed by atoms with Gasteiger partial charge in [-0.05, 0) is 36.3 Å². The largest absolute Gasteiger partial charge is 0.465 e. The number of amides is 1. The normalized spacial score (nSPS) is 14.6. The molecule has 0 saturated carbocycles. The first kappa shape index (κ1) is 15.7. The summed E-state index contributed by atoms with van der Waals surface area (Å²) in [5, 5.41) is 6.48. The quantitative estimate of drug-likeness (QED) is 0.907. The molecule has 0 atom stereocenters. The molecule has 1 aliphatic rings. The summed E-state index contributed by atoms with van der Waals surface area (Å²) in [5.74, 6) is 3.06. The van der Waals surface area contributed by atoms with Crippen molar-refractivity contribution in [2.45, 2.75) is 6.92 Å². The molecule has 1 aromatic heterocycles. The van der Waals surface area contributed by atoms with E-state index in [1.165, 1.54) is 5.69 Å². The fourth-order valence-corrected chi connectivity index (χ4v) is 3.23. The van der Waals surface area contributed by atoms with Gasteiger partial charge in [-0.25, -0.2) is 0 Å². The van der Waals surface area contributed by atoms with E-state index < -0.39 is 0 Å². The van der Waals surface area contributed by atoms with Gasteiger partial charge in [0.2, 0.25) is 0 Å². The lowest BCUT2D eigenvalue weighted by Gasteiger charge is -2.28. The maximum Gasteiger partial charge on any atom is 0.262 e. The Morgan fingerprint density at radius 2 is 2.09 bits per heavy atom. The summed E-state index contributed by atoms with van der Waals surface area (Å²) >= 11 is 1.99. The molecule has 1 amide bonds. The van der Waals surface area contributed by atoms with Gasteiger partial charge in [0.05, 0.1) is 0 Å². The molecular weight excluding hydrogens is 314 g/mol. The van der Waals surface area contributed by atoms with Crippen LogP contribution in [0.15, 0.2) is 34.9 Å². The number of carbonyl (C=O) groups is 1. The highest BCUT2D eigenvalue weighted by Gasteiger charge is 2.11. The van der Waals surface area contributed by atoms with Crippen molar-refractivity contribution in [3.05, 3.63) is 36.1 Å². The lowest BCUT2D eigenvalue weighted by Crippen LogP contribution is -2.32. The van der Waals surface area contributed by atoms with Crippen LogP contribution in [-0.2, 0) is 4.79 Å². The van der Waals surface area contributed by atoms with Crippen LogP contribution in [0.3, 0.4) is 0 Å². The van der Waals surface area contributed by atoms with Crippen LogP contribution in [0, 0.1) is 6.92 Å². The first-order valence-corrected chi connectivity index (χ1v) is 8.65. The molecule has 0 spiro atoms. The van der Waals surface area contributed by atoms with Crippen molar-refractivity contribution in [2.24, 2.45) is 0 Å². The zero-order chi connectivity index (χ0) is 16.1. The number of anilines is 2. The number of nitrogens with one attached hydrogen (secondary N) is 1. The lowest BCUT2D eigenvalue weighted by molar-refractivity contribution is -0.118. The second kappa shape index (κ2) is 7.41. The maximum absolute atomic E-state index is 11.9. The van der Waals surface area contributed by atoms with E-state index in [9.17, 15) is 4.79 Å². The first-order valence-electron chi connectivity index (χ1n) is 7.49. The molecule has 23 heavy (non-hydrogen) atoms. The van der Waals surface area contributed by atoms with Crippen molar-refractivity contribution in [1.29, 1.82) is 0 Å². The summed E-state index contributed by atoms with van der Waals surface area (Å²) in [6, 6.07) is 9.53. The summed E-state index contributed by atoms with van der Waals surface area (Å²) in [5.41, 5.74) is 1.95. The molecule has 122 valence electrons. The first-order chi connectivity index (χ1) is 11.2. The van der Waals surface area contributed by atoms with Crippen molar-refractivity contribution in [2.75, 3.05) is 41.4 Å². The number of carbonyl (C=O) groups excluding carboxylic acids is 1. The molecule has 1 aromatic carbocycles. The molecule has 1 aliphatic heterocycles. The van der Waals surface area contributed by atoms with Gasteiger partial charge in [0, 0.05) is 42.0 Å². The smallest absolute Gasteiger partial charge is 0.262 e. The molecule has 1 N–H and O–H groups in total. The Labute approximate surface area is 139 Å². The van der Waals surface area contributed by atoms with E-state index in [1.807, 2.05) is 36.0 Å². The predicted molar refractivity (Wildman–Crippen MR) is 91.3 cm³/mol. The number of ether oxygens (including phenoxy) is 1. The van der Waals surface area contributed by atoms with Gasteiger partial charge in [0.15, 0.2) is 6.61 Å². The highest BCUT2D eigenvalue weighted by atomic mass is 32.2. The number of hydrogen-bond acceptors (Lipinski definition) is 6.